The third kappa shape index (κ3) is 3.53. The van der Waals surface area contributed by atoms with Crippen LogP contribution in [-0.2, 0) is 13.0 Å². The van der Waals surface area contributed by atoms with Gasteiger partial charge in [0.05, 0.1) is 0 Å². The smallest absolute Gasteiger partial charge is 0.165 e. The molecule has 0 saturated heterocycles. The highest BCUT2D eigenvalue weighted by Gasteiger charge is 2.01. The summed E-state index contributed by atoms with van der Waals surface area (Å²) >= 11 is 0. The van der Waals surface area contributed by atoms with Gasteiger partial charge in [0.1, 0.15) is 12.2 Å². The van der Waals surface area contributed by atoms with Gasteiger partial charge in [-0.3, -0.25) is 5.10 Å². The second-order valence-corrected chi connectivity index (χ2v) is 4.00. The summed E-state index contributed by atoms with van der Waals surface area (Å²) < 4.78 is 13.0. The molecule has 1 heterocycles. The van der Waals surface area contributed by atoms with Gasteiger partial charge in [0.15, 0.2) is 11.6 Å². The summed E-state index contributed by atoms with van der Waals surface area (Å²) in [4.78, 5) is 4.02. The Kier molecular flexibility index (Phi) is 4.25. The molecule has 1 aromatic heterocycles. The molecule has 6 heteroatoms. The van der Waals surface area contributed by atoms with E-state index in [1.165, 1.54) is 18.5 Å². The van der Waals surface area contributed by atoms with E-state index in [1.54, 1.807) is 6.07 Å². The van der Waals surface area contributed by atoms with Crippen molar-refractivity contribution in [3.63, 3.8) is 0 Å². The van der Waals surface area contributed by atoms with Crippen molar-refractivity contribution in [3.05, 3.63) is 41.7 Å². The van der Waals surface area contributed by atoms with Crippen LogP contribution < -0.4 is 5.32 Å². The summed E-state index contributed by atoms with van der Waals surface area (Å²) in [5, 5.41) is 18.8. The van der Waals surface area contributed by atoms with Crippen molar-refractivity contribution in [3.8, 4) is 5.75 Å². The summed E-state index contributed by atoms with van der Waals surface area (Å²) in [5.41, 5.74) is 0.810. The van der Waals surface area contributed by atoms with E-state index in [0.29, 0.717) is 6.54 Å². The van der Waals surface area contributed by atoms with Crippen molar-refractivity contribution in [1.82, 2.24) is 20.5 Å². The minimum absolute atomic E-state index is 0.316. The minimum atomic E-state index is -0.587. The highest BCUT2D eigenvalue weighted by molar-refractivity contribution is 5.27. The fourth-order valence-corrected chi connectivity index (χ4v) is 1.63. The van der Waals surface area contributed by atoms with Crippen molar-refractivity contribution in [1.29, 1.82) is 0 Å². The zero-order valence-corrected chi connectivity index (χ0v) is 9.86. The van der Waals surface area contributed by atoms with Gasteiger partial charge in [0.25, 0.3) is 0 Å². The van der Waals surface area contributed by atoms with Crippen LogP contribution in [0.5, 0.6) is 5.75 Å². The Balaban J connectivity index is 1.67. The molecule has 5 nitrogen and oxygen atoms in total. The van der Waals surface area contributed by atoms with Gasteiger partial charge >= 0.3 is 0 Å². The van der Waals surface area contributed by atoms with E-state index in [9.17, 15) is 4.39 Å². The zero-order chi connectivity index (χ0) is 12.8. The number of aromatic amines is 1. The van der Waals surface area contributed by atoms with Crippen molar-refractivity contribution < 1.29 is 9.50 Å². The Hall–Kier alpha value is -1.95. The van der Waals surface area contributed by atoms with E-state index in [4.69, 9.17) is 5.11 Å². The molecule has 96 valence electrons. The van der Waals surface area contributed by atoms with Crippen LogP contribution in [0.15, 0.2) is 24.5 Å². The Morgan fingerprint density at radius 2 is 2.28 bits per heavy atom. The summed E-state index contributed by atoms with van der Waals surface area (Å²) in [6.45, 7) is 1.39. The SMILES string of the molecule is Oc1ccc(CNCCCc2ncn[nH]2)cc1F. The van der Waals surface area contributed by atoms with Crippen LogP contribution in [0.25, 0.3) is 0 Å². The molecule has 0 amide bonds. The lowest BCUT2D eigenvalue weighted by Gasteiger charge is -2.05. The molecule has 1 aromatic carbocycles. The van der Waals surface area contributed by atoms with Crippen LogP contribution >= 0.6 is 0 Å². The third-order valence-corrected chi connectivity index (χ3v) is 2.57. The number of benzene rings is 1. The van der Waals surface area contributed by atoms with Crippen LogP contribution in [0.3, 0.4) is 0 Å². The highest BCUT2D eigenvalue weighted by Crippen LogP contribution is 2.15. The van der Waals surface area contributed by atoms with Crippen LogP contribution in [0, 0.1) is 5.82 Å². The number of aryl methyl sites for hydroxylation is 1. The number of phenolic OH excluding ortho intramolecular Hbond substituents is 1. The van der Waals surface area contributed by atoms with Crippen LogP contribution in [-0.4, -0.2) is 26.8 Å². The van der Waals surface area contributed by atoms with Crippen LogP contribution in [0.1, 0.15) is 17.8 Å². The van der Waals surface area contributed by atoms with E-state index < -0.39 is 5.82 Å². The lowest BCUT2D eigenvalue weighted by molar-refractivity contribution is 0.431. The van der Waals surface area contributed by atoms with Gasteiger partial charge in [0, 0.05) is 13.0 Å². The average molecular weight is 250 g/mol. The molecule has 0 bridgehead atoms. The number of phenols is 1. The highest BCUT2D eigenvalue weighted by atomic mass is 19.1. The summed E-state index contributed by atoms with van der Waals surface area (Å²) in [6, 6.07) is 4.39. The molecule has 0 aliphatic rings. The van der Waals surface area contributed by atoms with Gasteiger partial charge in [-0.05, 0) is 30.7 Å². The number of halogens is 1. The first-order valence-electron chi connectivity index (χ1n) is 5.78. The predicted molar refractivity (Wildman–Crippen MR) is 64.5 cm³/mol. The minimum Gasteiger partial charge on any atom is -0.505 e. The monoisotopic (exact) mass is 250 g/mol. The molecule has 0 unspecified atom stereocenters. The molecule has 0 saturated carbocycles. The molecule has 2 rings (SSSR count). The first-order valence-corrected chi connectivity index (χ1v) is 5.78. The van der Waals surface area contributed by atoms with Crippen molar-refractivity contribution in [2.75, 3.05) is 6.54 Å². The van der Waals surface area contributed by atoms with E-state index in [1.807, 2.05) is 0 Å². The number of aromatic hydroxyl groups is 1. The lowest BCUT2D eigenvalue weighted by Crippen LogP contribution is -2.15. The first kappa shape index (κ1) is 12.5. The number of nitrogens with zero attached hydrogens (tertiary/aromatic N) is 2. The molecule has 0 aliphatic heterocycles. The van der Waals surface area contributed by atoms with E-state index in [-0.39, 0.29) is 5.75 Å². The Bertz CT molecular complexity index is 487. The summed E-state index contributed by atoms with van der Waals surface area (Å²) in [5.74, 6) is -0.0347. The molecule has 0 spiro atoms. The number of hydrogen-bond acceptors (Lipinski definition) is 4. The number of aromatic nitrogens is 3. The van der Waals surface area contributed by atoms with Gasteiger partial charge in [-0.25, -0.2) is 9.37 Å². The van der Waals surface area contributed by atoms with E-state index in [0.717, 1.165) is 30.8 Å². The molecule has 3 N–H and O–H groups in total. The zero-order valence-electron chi connectivity index (χ0n) is 9.86. The fraction of sp³-hybridized carbons (Fsp3) is 0.333. The quantitative estimate of drug-likeness (QED) is 0.677. The second-order valence-electron chi connectivity index (χ2n) is 4.00. The molecule has 0 radical (unpaired) electrons. The number of nitrogens with one attached hydrogen (secondary N) is 2. The average Bonchev–Trinajstić information content (AvgIpc) is 2.86. The molecule has 2 aromatic rings. The third-order valence-electron chi connectivity index (χ3n) is 2.57. The topological polar surface area (TPSA) is 73.8 Å². The first-order chi connectivity index (χ1) is 8.75. The van der Waals surface area contributed by atoms with Gasteiger partial charge in [-0.2, -0.15) is 5.10 Å². The Labute approximate surface area is 104 Å². The molecule has 0 atom stereocenters. The molecule has 18 heavy (non-hydrogen) atoms. The molecular weight excluding hydrogens is 235 g/mol. The predicted octanol–water partition coefficient (Wildman–Crippen LogP) is 1.37. The van der Waals surface area contributed by atoms with Gasteiger partial charge in [-0.15, -0.1) is 0 Å². The number of rotatable bonds is 6. The van der Waals surface area contributed by atoms with E-state index in [2.05, 4.69) is 20.5 Å². The lowest BCUT2D eigenvalue weighted by atomic mass is 10.2. The van der Waals surface area contributed by atoms with Gasteiger partial charge in [-0.1, -0.05) is 6.07 Å². The van der Waals surface area contributed by atoms with Gasteiger partial charge < -0.3 is 10.4 Å². The van der Waals surface area contributed by atoms with Crippen LogP contribution in [0.4, 0.5) is 4.39 Å². The van der Waals surface area contributed by atoms with Crippen molar-refractivity contribution in [2.45, 2.75) is 19.4 Å². The summed E-state index contributed by atoms with van der Waals surface area (Å²) in [6.07, 6.45) is 3.24. The van der Waals surface area contributed by atoms with E-state index >= 15 is 0 Å². The van der Waals surface area contributed by atoms with Crippen molar-refractivity contribution in [2.24, 2.45) is 0 Å². The normalized spacial score (nSPS) is 10.7. The Morgan fingerprint density at radius 1 is 1.39 bits per heavy atom. The van der Waals surface area contributed by atoms with Crippen molar-refractivity contribution >= 4 is 0 Å². The van der Waals surface area contributed by atoms with Gasteiger partial charge in [0.2, 0.25) is 0 Å². The maximum Gasteiger partial charge on any atom is 0.165 e. The number of H-pyrrole nitrogens is 1. The standard InChI is InChI=1S/C12H15FN4O/c13-10-6-9(3-4-11(10)18)7-14-5-1-2-12-15-8-16-17-12/h3-4,6,8,14,18H,1-2,5,7H2,(H,15,16,17). The Morgan fingerprint density at radius 3 is 3.00 bits per heavy atom. The fourth-order valence-electron chi connectivity index (χ4n) is 1.63. The summed E-state index contributed by atoms with van der Waals surface area (Å²) in [7, 11) is 0. The largest absolute Gasteiger partial charge is 0.505 e. The van der Waals surface area contributed by atoms with Crippen LogP contribution in [0.2, 0.25) is 0 Å². The maximum atomic E-state index is 13.0. The number of hydrogen-bond donors (Lipinski definition) is 3. The second kappa shape index (κ2) is 6.11. The maximum absolute atomic E-state index is 13.0. The molecule has 0 fully saturated rings. The molecular formula is C12H15FN4O. The molecule has 0 aliphatic carbocycles.